The van der Waals surface area contributed by atoms with Gasteiger partial charge in [0, 0.05) is 18.5 Å². The highest BCUT2D eigenvalue weighted by Gasteiger charge is 2.50. The Balaban J connectivity index is 1.59. The summed E-state index contributed by atoms with van der Waals surface area (Å²) in [5, 5.41) is 6.88. The third-order valence-corrected chi connectivity index (χ3v) is 6.17. The lowest BCUT2D eigenvalue weighted by atomic mass is 9.67. The average Bonchev–Trinajstić information content (AvgIpc) is 2.99. The van der Waals surface area contributed by atoms with Crippen molar-refractivity contribution in [1.29, 1.82) is 0 Å². The first-order chi connectivity index (χ1) is 11.5. The zero-order valence-electron chi connectivity index (χ0n) is 14.7. The maximum atomic E-state index is 13.3. The van der Waals surface area contributed by atoms with Gasteiger partial charge in [0.2, 0.25) is 5.91 Å². The Labute approximate surface area is 144 Å². The quantitative estimate of drug-likeness (QED) is 0.876. The zero-order valence-corrected chi connectivity index (χ0v) is 14.7. The number of hydrogen-bond acceptors (Lipinski definition) is 3. The summed E-state index contributed by atoms with van der Waals surface area (Å²) in [7, 11) is 0. The van der Waals surface area contributed by atoms with Crippen molar-refractivity contribution >= 4 is 5.91 Å². The number of rotatable bonds is 2. The van der Waals surface area contributed by atoms with E-state index in [0.29, 0.717) is 5.92 Å². The van der Waals surface area contributed by atoms with Gasteiger partial charge in [0.1, 0.15) is 11.4 Å². The highest BCUT2D eigenvalue weighted by atomic mass is 16.5. The van der Waals surface area contributed by atoms with E-state index >= 15 is 0 Å². The molecule has 0 radical (unpaired) electrons. The Morgan fingerprint density at radius 2 is 2.12 bits per heavy atom. The summed E-state index contributed by atoms with van der Waals surface area (Å²) in [4.78, 5) is 13.3. The van der Waals surface area contributed by atoms with Crippen molar-refractivity contribution in [3.8, 4) is 5.75 Å². The van der Waals surface area contributed by atoms with Crippen LogP contribution in [0.3, 0.4) is 0 Å². The van der Waals surface area contributed by atoms with Gasteiger partial charge in [0.15, 0.2) is 0 Å². The molecular formula is C20H28N2O2. The van der Waals surface area contributed by atoms with Crippen LogP contribution in [0, 0.1) is 11.3 Å². The van der Waals surface area contributed by atoms with E-state index in [1.165, 1.54) is 19.3 Å². The molecule has 4 rings (SSSR count). The van der Waals surface area contributed by atoms with E-state index in [2.05, 4.69) is 30.5 Å². The molecule has 2 aliphatic heterocycles. The fourth-order valence-electron chi connectivity index (χ4n) is 4.92. The lowest BCUT2D eigenvalue weighted by molar-refractivity contribution is -0.135. The Hall–Kier alpha value is -1.55. The van der Waals surface area contributed by atoms with Crippen LogP contribution in [-0.4, -0.2) is 24.6 Å². The Morgan fingerprint density at radius 3 is 3.00 bits per heavy atom. The lowest BCUT2D eigenvalue weighted by Crippen LogP contribution is -2.50. The number of ether oxygens (including phenoxy) is 1. The van der Waals surface area contributed by atoms with E-state index in [1.807, 2.05) is 18.2 Å². The number of benzene rings is 1. The number of hydrogen-bond donors (Lipinski definition) is 2. The third kappa shape index (κ3) is 2.61. The van der Waals surface area contributed by atoms with E-state index < -0.39 is 0 Å². The fourth-order valence-corrected chi connectivity index (χ4v) is 4.92. The number of carbonyl (C=O) groups is 1. The Bertz CT molecular complexity index is 642. The summed E-state index contributed by atoms with van der Waals surface area (Å²) >= 11 is 0. The number of para-hydroxylation sites is 1. The predicted octanol–water partition coefficient (Wildman–Crippen LogP) is 3.18. The molecule has 1 saturated heterocycles. The van der Waals surface area contributed by atoms with Crippen molar-refractivity contribution < 1.29 is 9.53 Å². The van der Waals surface area contributed by atoms with Crippen molar-refractivity contribution in [3.05, 3.63) is 29.8 Å². The van der Waals surface area contributed by atoms with Crippen molar-refractivity contribution in [3.63, 3.8) is 0 Å². The SMILES string of the molecule is CC1(C)CC(NC(=O)[C@@]23CCCC[C@H]2CNC3)c2ccccc2O1. The first kappa shape index (κ1) is 15.9. The fraction of sp³-hybridized carbons (Fsp3) is 0.650. The largest absolute Gasteiger partial charge is 0.487 e. The summed E-state index contributed by atoms with van der Waals surface area (Å²) in [5.74, 6) is 1.64. The third-order valence-electron chi connectivity index (χ3n) is 6.17. The van der Waals surface area contributed by atoms with Crippen molar-refractivity contribution in [1.82, 2.24) is 10.6 Å². The molecule has 4 nitrogen and oxygen atoms in total. The van der Waals surface area contributed by atoms with E-state index in [0.717, 1.165) is 37.2 Å². The maximum absolute atomic E-state index is 13.3. The molecular weight excluding hydrogens is 300 g/mol. The molecule has 3 atom stereocenters. The molecule has 0 aromatic heterocycles. The van der Waals surface area contributed by atoms with Crippen LogP contribution in [0.2, 0.25) is 0 Å². The number of fused-ring (bicyclic) bond motifs is 2. The van der Waals surface area contributed by atoms with Crippen molar-refractivity contribution in [2.75, 3.05) is 13.1 Å². The van der Waals surface area contributed by atoms with Crippen LogP contribution in [-0.2, 0) is 4.79 Å². The molecule has 3 aliphatic rings. The van der Waals surface area contributed by atoms with E-state index in [9.17, 15) is 4.79 Å². The molecule has 0 bridgehead atoms. The summed E-state index contributed by atoms with van der Waals surface area (Å²) in [6.45, 7) is 6.02. The van der Waals surface area contributed by atoms with Gasteiger partial charge in [-0.15, -0.1) is 0 Å². The van der Waals surface area contributed by atoms with Crippen LogP contribution in [0.1, 0.15) is 57.6 Å². The highest BCUT2D eigenvalue weighted by Crippen LogP contribution is 2.45. The lowest BCUT2D eigenvalue weighted by Gasteiger charge is -2.41. The molecule has 1 saturated carbocycles. The second kappa shape index (κ2) is 5.76. The summed E-state index contributed by atoms with van der Waals surface area (Å²) in [5.41, 5.74) is 0.652. The molecule has 1 amide bonds. The average molecular weight is 328 g/mol. The van der Waals surface area contributed by atoms with Crippen LogP contribution >= 0.6 is 0 Å². The van der Waals surface area contributed by atoms with Gasteiger partial charge >= 0.3 is 0 Å². The zero-order chi connectivity index (χ0) is 16.8. The van der Waals surface area contributed by atoms with E-state index in [1.54, 1.807) is 0 Å². The summed E-state index contributed by atoms with van der Waals surface area (Å²) < 4.78 is 6.10. The minimum atomic E-state index is -0.260. The molecule has 2 heterocycles. The number of nitrogens with one attached hydrogen (secondary N) is 2. The molecule has 4 heteroatoms. The van der Waals surface area contributed by atoms with Gasteiger partial charge in [0.05, 0.1) is 11.5 Å². The Morgan fingerprint density at radius 1 is 1.29 bits per heavy atom. The molecule has 1 aromatic rings. The molecule has 1 aliphatic carbocycles. The molecule has 130 valence electrons. The highest BCUT2D eigenvalue weighted by molar-refractivity contribution is 5.84. The van der Waals surface area contributed by atoms with Crippen molar-refractivity contribution in [2.45, 2.75) is 57.6 Å². The normalized spacial score (nSPS) is 33.9. The van der Waals surface area contributed by atoms with Crippen LogP contribution in [0.25, 0.3) is 0 Å². The Kier molecular flexibility index (Phi) is 3.83. The first-order valence-corrected chi connectivity index (χ1v) is 9.30. The van der Waals surface area contributed by atoms with Crippen LogP contribution in [0.15, 0.2) is 24.3 Å². The topological polar surface area (TPSA) is 50.4 Å². The maximum Gasteiger partial charge on any atom is 0.228 e. The molecule has 1 unspecified atom stereocenters. The summed E-state index contributed by atoms with van der Waals surface area (Å²) in [6, 6.07) is 8.15. The molecule has 24 heavy (non-hydrogen) atoms. The standard InChI is InChI=1S/C20H28N2O2/c1-19(2)11-16(15-8-3-4-9-17(15)24-19)22-18(23)20-10-6-5-7-14(20)12-21-13-20/h3-4,8-9,14,16,21H,5-7,10-13H2,1-2H3,(H,22,23)/t14-,16?,20+/m0/s1. The predicted molar refractivity (Wildman–Crippen MR) is 93.9 cm³/mol. The van der Waals surface area contributed by atoms with Crippen LogP contribution in [0.5, 0.6) is 5.75 Å². The molecule has 2 N–H and O–H groups in total. The van der Waals surface area contributed by atoms with Gasteiger partial charge in [-0.05, 0) is 45.2 Å². The van der Waals surface area contributed by atoms with E-state index in [4.69, 9.17) is 4.74 Å². The number of amides is 1. The second-order valence-electron chi connectivity index (χ2n) is 8.36. The first-order valence-electron chi connectivity index (χ1n) is 9.30. The number of carbonyl (C=O) groups excluding carboxylic acids is 1. The summed E-state index contributed by atoms with van der Waals surface area (Å²) in [6.07, 6.45) is 5.43. The minimum absolute atomic E-state index is 0.0370. The minimum Gasteiger partial charge on any atom is -0.487 e. The van der Waals surface area contributed by atoms with Gasteiger partial charge in [-0.1, -0.05) is 31.0 Å². The molecule has 0 spiro atoms. The molecule has 1 aromatic carbocycles. The van der Waals surface area contributed by atoms with Gasteiger partial charge in [-0.2, -0.15) is 0 Å². The van der Waals surface area contributed by atoms with Gasteiger partial charge in [-0.25, -0.2) is 0 Å². The molecule has 2 fully saturated rings. The van der Waals surface area contributed by atoms with Gasteiger partial charge < -0.3 is 15.4 Å². The van der Waals surface area contributed by atoms with Crippen molar-refractivity contribution in [2.24, 2.45) is 11.3 Å². The monoisotopic (exact) mass is 328 g/mol. The van der Waals surface area contributed by atoms with Crippen LogP contribution in [0.4, 0.5) is 0 Å². The van der Waals surface area contributed by atoms with Gasteiger partial charge in [-0.3, -0.25) is 4.79 Å². The van der Waals surface area contributed by atoms with Crippen LogP contribution < -0.4 is 15.4 Å². The van der Waals surface area contributed by atoms with E-state index in [-0.39, 0.29) is 23.0 Å². The second-order valence-corrected chi connectivity index (χ2v) is 8.36. The smallest absolute Gasteiger partial charge is 0.228 e. The van der Waals surface area contributed by atoms with Gasteiger partial charge in [0.25, 0.3) is 0 Å².